The molecule has 0 bridgehead atoms. The number of rotatable bonds is 10. The minimum atomic E-state index is -0.205. The molecule has 0 saturated heterocycles. The number of benzene rings is 2. The third-order valence-electron chi connectivity index (χ3n) is 6.17. The molecule has 0 unspecified atom stereocenters. The number of phenols is 1. The van der Waals surface area contributed by atoms with Gasteiger partial charge in [-0.3, -0.25) is 0 Å². The highest BCUT2D eigenvalue weighted by Crippen LogP contribution is 2.37. The number of amides is 1. The molecule has 1 radical (unpaired) electrons. The van der Waals surface area contributed by atoms with Crippen molar-refractivity contribution in [2.75, 3.05) is 20.8 Å². The van der Waals surface area contributed by atoms with Gasteiger partial charge >= 0.3 is 5.91 Å². The third-order valence-corrected chi connectivity index (χ3v) is 6.54. The Bertz CT molecular complexity index is 1190. The van der Waals surface area contributed by atoms with Gasteiger partial charge in [-0.1, -0.05) is 48.5 Å². The molecule has 35 heavy (non-hydrogen) atoms. The summed E-state index contributed by atoms with van der Waals surface area (Å²) in [6, 6.07) is 10.6. The highest BCUT2D eigenvalue weighted by atomic mass is 35.5. The molecule has 187 valence electrons. The van der Waals surface area contributed by atoms with E-state index in [0.717, 1.165) is 29.2 Å². The molecule has 0 spiro atoms. The van der Waals surface area contributed by atoms with Crippen LogP contribution in [-0.2, 0) is 13.1 Å². The maximum atomic E-state index is 13.7. The normalized spacial score (nSPS) is 11.3. The predicted molar refractivity (Wildman–Crippen MR) is 138 cm³/mol. The van der Waals surface area contributed by atoms with Gasteiger partial charge in [0.1, 0.15) is 22.9 Å². The van der Waals surface area contributed by atoms with Crippen molar-refractivity contribution in [1.82, 2.24) is 14.5 Å². The van der Waals surface area contributed by atoms with Gasteiger partial charge in [0.25, 0.3) is 0 Å². The molecule has 1 N–H and O–H groups in total. The van der Waals surface area contributed by atoms with Crippen molar-refractivity contribution in [3.8, 4) is 17.2 Å². The largest absolute Gasteiger partial charge is 0.508 e. The second-order valence-electron chi connectivity index (χ2n) is 8.99. The number of para-hydroxylation sites is 1. The number of phenolic OH excluding ortho intramolecular Hbond substituents is 1. The lowest BCUT2D eigenvalue weighted by Gasteiger charge is -2.16. The average molecular weight is 500 g/mol. The number of carbonyl (C=O) groups is 1. The maximum Gasteiger partial charge on any atom is 0.395 e. The summed E-state index contributed by atoms with van der Waals surface area (Å²) in [5, 5.41) is 10.5. The van der Waals surface area contributed by atoms with Crippen molar-refractivity contribution in [3.63, 3.8) is 0 Å². The Hall–Kier alpha value is -3.03. The van der Waals surface area contributed by atoms with Gasteiger partial charge in [0, 0.05) is 17.7 Å². The molecule has 0 saturated carbocycles. The van der Waals surface area contributed by atoms with Crippen molar-refractivity contribution < 1.29 is 19.4 Å². The van der Waals surface area contributed by atoms with Crippen LogP contribution in [0.5, 0.6) is 17.2 Å². The zero-order valence-corrected chi connectivity index (χ0v) is 22.0. The van der Waals surface area contributed by atoms with E-state index in [4.69, 9.17) is 26.1 Å². The van der Waals surface area contributed by atoms with Crippen LogP contribution >= 0.6 is 11.6 Å². The molecule has 8 heteroatoms. The number of carbonyl (C=O) groups excluding carboxylic acids is 1. The zero-order valence-electron chi connectivity index (χ0n) is 21.3. The number of ether oxygens (including phenoxy) is 2. The zero-order chi connectivity index (χ0) is 25.7. The Morgan fingerprint density at radius 2 is 1.86 bits per heavy atom. The number of nitrogens with zero attached hydrogens (tertiary/aromatic N) is 3. The number of hydrogen-bond donors (Lipinski definition) is 1. The number of aromatic nitrogens is 2. The van der Waals surface area contributed by atoms with E-state index < -0.39 is 0 Å². The van der Waals surface area contributed by atoms with Gasteiger partial charge in [0.05, 0.1) is 26.5 Å². The van der Waals surface area contributed by atoms with Crippen molar-refractivity contribution in [1.29, 1.82) is 0 Å². The number of hydrogen-bond acceptors (Lipinski definition) is 5. The Morgan fingerprint density at radius 1 is 1.14 bits per heavy atom. The number of halogens is 1. The van der Waals surface area contributed by atoms with Gasteiger partial charge in [-0.15, -0.1) is 0 Å². The maximum absolute atomic E-state index is 13.7. The van der Waals surface area contributed by atoms with Crippen LogP contribution in [0.15, 0.2) is 36.4 Å². The second kappa shape index (κ2) is 11.6. The summed E-state index contributed by atoms with van der Waals surface area (Å²) >= 11 is 6.58. The summed E-state index contributed by atoms with van der Waals surface area (Å²) in [7, 11) is 3.02. The topological polar surface area (TPSA) is 79.5 Å². The number of imidazole rings is 1. The first-order chi connectivity index (χ1) is 16.7. The molecule has 1 amide bonds. The highest BCUT2D eigenvalue weighted by molar-refractivity contribution is 6.35. The van der Waals surface area contributed by atoms with E-state index >= 15 is 0 Å². The monoisotopic (exact) mass is 499 g/mol. The van der Waals surface area contributed by atoms with E-state index in [1.54, 1.807) is 29.2 Å². The quantitative estimate of drug-likeness (QED) is 0.375. The van der Waals surface area contributed by atoms with Crippen LogP contribution in [0.2, 0.25) is 5.02 Å². The summed E-state index contributed by atoms with van der Waals surface area (Å²) in [4.78, 5) is 20.3. The molecule has 0 fully saturated rings. The Labute approximate surface area is 212 Å². The molecular formula is C27H34ClN3O4+. The lowest BCUT2D eigenvalue weighted by Crippen LogP contribution is -2.39. The van der Waals surface area contributed by atoms with Crippen LogP contribution in [0.3, 0.4) is 0 Å². The molecule has 0 aliphatic heterocycles. The molecule has 7 nitrogen and oxygen atoms in total. The first-order valence-corrected chi connectivity index (χ1v) is 12.0. The number of aromatic hydroxyl groups is 1. The van der Waals surface area contributed by atoms with Crippen molar-refractivity contribution in [3.05, 3.63) is 69.8 Å². The van der Waals surface area contributed by atoms with E-state index in [-0.39, 0.29) is 16.7 Å². The van der Waals surface area contributed by atoms with Gasteiger partial charge < -0.3 is 19.1 Å². The first-order valence-electron chi connectivity index (χ1n) is 11.7. The fraction of sp³-hybridized carbons (Fsp3) is 0.407. The number of methoxy groups -OCH3 is 2. The minimum absolute atomic E-state index is 0.205. The van der Waals surface area contributed by atoms with Crippen LogP contribution in [0.25, 0.3) is 0 Å². The Balaban J connectivity index is 1.99. The third kappa shape index (κ3) is 5.97. The van der Waals surface area contributed by atoms with Gasteiger partial charge in [-0.05, 0) is 38.0 Å². The second-order valence-corrected chi connectivity index (χ2v) is 9.36. The van der Waals surface area contributed by atoms with Crippen LogP contribution in [0, 0.1) is 19.8 Å². The summed E-state index contributed by atoms with van der Waals surface area (Å²) in [6.45, 7) is 9.50. The Kier molecular flexibility index (Phi) is 8.81. The van der Waals surface area contributed by atoms with Gasteiger partial charge in [0.15, 0.2) is 23.9 Å². The summed E-state index contributed by atoms with van der Waals surface area (Å²) in [6.07, 6.45) is 0.828. The minimum Gasteiger partial charge on any atom is -0.508 e. The molecular weight excluding hydrogens is 466 g/mol. The molecule has 1 heterocycles. The van der Waals surface area contributed by atoms with Gasteiger partial charge in [-0.25, -0.2) is 9.78 Å². The molecule has 2 aromatic carbocycles. The Morgan fingerprint density at radius 3 is 2.49 bits per heavy atom. The molecule has 3 rings (SSSR count). The van der Waals surface area contributed by atoms with E-state index in [9.17, 15) is 9.90 Å². The van der Waals surface area contributed by atoms with Gasteiger partial charge in [0.2, 0.25) is 0 Å². The van der Waals surface area contributed by atoms with E-state index in [0.29, 0.717) is 42.6 Å². The summed E-state index contributed by atoms with van der Waals surface area (Å²) in [5.74, 6) is 1.98. The fourth-order valence-corrected chi connectivity index (χ4v) is 4.25. The van der Waals surface area contributed by atoms with Crippen molar-refractivity contribution in [2.24, 2.45) is 5.92 Å². The molecule has 3 aromatic rings. The van der Waals surface area contributed by atoms with E-state index in [2.05, 4.69) is 18.4 Å². The lowest BCUT2D eigenvalue weighted by atomic mass is 10.1. The van der Waals surface area contributed by atoms with E-state index in [1.807, 2.05) is 26.0 Å². The van der Waals surface area contributed by atoms with Crippen LogP contribution in [0.4, 0.5) is 0 Å². The summed E-state index contributed by atoms with van der Waals surface area (Å²) in [5.41, 5.74) is 3.01. The lowest BCUT2D eigenvalue weighted by molar-refractivity contribution is 0.0851. The fourth-order valence-electron chi connectivity index (χ4n) is 3.93. The number of aryl methyl sites for hydroxylation is 1. The van der Waals surface area contributed by atoms with Crippen molar-refractivity contribution in [2.45, 2.75) is 47.2 Å². The van der Waals surface area contributed by atoms with Crippen molar-refractivity contribution >= 4 is 17.5 Å². The van der Waals surface area contributed by atoms with Crippen LogP contribution in [0.1, 0.15) is 53.4 Å². The van der Waals surface area contributed by atoms with E-state index in [1.165, 1.54) is 14.2 Å². The first kappa shape index (κ1) is 26.6. The van der Waals surface area contributed by atoms with Gasteiger partial charge in [-0.2, -0.15) is 0 Å². The van der Waals surface area contributed by atoms with Crippen LogP contribution in [-0.4, -0.2) is 41.3 Å². The highest BCUT2D eigenvalue weighted by Gasteiger charge is 2.34. The molecule has 0 aliphatic rings. The summed E-state index contributed by atoms with van der Waals surface area (Å²) < 4.78 is 12.8. The molecule has 0 atom stereocenters. The molecule has 1 aromatic heterocycles. The standard InChI is InChI=1S/C27H34ClN3O4/c1-17(2)13-14-30(27(33)21-11-12-23(34-5)26(35-6)25(21)28)16-24-29-18(3)19(4)31(24)15-20-9-7-8-10-22(20)32/h7-12,17,32H,13-16H2,1-6H3/q+1. The average Bonchev–Trinajstić information content (AvgIpc) is 3.09. The smallest absolute Gasteiger partial charge is 0.395 e. The molecule has 0 aliphatic carbocycles. The predicted octanol–water partition coefficient (Wildman–Crippen LogP) is 5.45. The SMILES string of the molecule is COc1ccc(C(=O)[N+](CCC(C)C)Cc2nc(C)c(C)n2Cc2ccccc2O)c(Cl)c1OC. The van der Waals surface area contributed by atoms with Crippen LogP contribution < -0.4 is 14.4 Å².